The lowest BCUT2D eigenvalue weighted by Gasteiger charge is -1.94. The van der Waals surface area contributed by atoms with Gasteiger partial charge in [0.2, 0.25) is 5.91 Å². The highest BCUT2D eigenvalue weighted by atomic mass is 32.1. The van der Waals surface area contributed by atoms with Crippen molar-refractivity contribution in [2.24, 2.45) is 5.73 Å². The summed E-state index contributed by atoms with van der Waals surface area (Å²) < 4.78 is 0. The Morgan fingerprint density at radius 1 is 1.19 bits per heavy atom. The molecule has 16 heavy (non-hydrogen) atoms. The van der Waals surface area contributed by atoms with Crippen molar-refractivity contribution in [2.45, 2.75) is 0 Å². The number of hydrogen-bond donors (Lipinski definition) is 1. The first kappa shape index (κ1) is 10.5. The molecular formula is C13H9NOS. The number of benzene rings is 1. The van der Waals surface area contributed by atoms with Crippen molar-refractivity contribution in [3.05, 3.63) is 57.8 Å². The minimum absolute atomic E-state index is 0.431. The number of primary amides is 1. The molecule has 2 aromatic rings. The van der Waals surface area contributed by atoms with E-state index in [0.717, 1.165) is 11.1 Å². The molecule has 0 saturated heterocycles. The van der Waals surface area contributed by atoms with Crippen LogP contribution < -0.4 is 5.73 Å². The maximum Gasteiger partial charge on any atom is 0.248 e. The Morgan fingerprint density at radius 2 is 2.00 bits per heavy atom. The van der Waals surface area contributed by atoms with Gasteiger partial charge in [0.25, 0.3) is 0 Å². The summed E-state index contributed by atoms with van der Waals surface area (Å²) >= 11 is 1.61. The second-order valence-electron chi connectivity index (χ2n) is 3.21. The summed E-state index contributed by atoms with van der Waals surface area (Å²) in [7, 11) is 0. The molecule has 0 aliphatic heterocycles. The highest BCUT2D eigenvalue weighted by Gasteiger charge is 1.98. The normalized spacial score (nSPS) is 9.25. The monoisotopic (exact) mass is 227 g/mol. The van der Waals surface area contributed by atoms with Crippen LogP contribution in [0, 0.1) is 11.8 Å². The van der Waals surface area contributed by atoms with Gasteiger partial charge >= 0.3 is 0 Å². The Hall–Kier alpha value is -2.05. The third kappa shape index (κ3) is 2.50. The van der Waals surface area contributed by atoms with Gasteiger partial charge in [-0.1, -0.05) is 17.9 Å². The minimum Gasteiger partial charge on any atom is -0.366 e. The molecule has 0 unspecified atom stereocenters. The first-order valence-corrected chi connectivity index (χ1v) is 5.64. The van der Waals surface area contributed by atoms with Crippen LogP contribution in [0.25, 0.3) is 0 Å². The molecule has 0 radical (unpaired) electrons. The molecule has 3 heteroatoms. The molecule has 1 aromatic heterocycles. The van der Waals surface area contributed by atoms with E-state index in [2.05, 4.69) is 11.8 Å². The van der Waals surface area contributed by atoms with E-state index in [1.165, 1.54) is 0 Å². The Labute approximate surface area is 97.7 Å². The van der Waals surface area contributed by atoms with Crippen molar-refractivity contribution < 1.29 is 4.79 Å². The van der Waals surface area contributed by atoms with Crippen molar-refractivity contribution in [3.8, 4) is 11.8 Å². The van der Waals surface area contributed by atoms with Crippen LogP contribution in [0.4, 0.5) is 0 Å². The quantitative estimate of drug-likeness (QED) is 0.746. The number of thiophene rings is 1. The average Bonchev–Trinajstić information content (AvgIpc) is 2.79. The van der Waals surface area contributed by atoms with Gasteiger partial charge in [0.1, 0.15) is 0 Å². The van der Waals surface area contributed by atoms with Crippen molar-refractivity contribution in [1.82, 2.24) is 0 Å². The Morgan fingerprint density at radius 3 is 2.69 bits per heavy atom. The van der Waals surface area contributed by atoms with Crippen LogP contribution in [0.5, 0.6) is 0 Å². The fourth-order valence-electron chi connectivity index (χ4n) is 1.23. The maximum absolute atomic E-state index is 11.0. The average molecular weight is 227 g/mol. The third-order valence-electron chi connectivity index (χ3n) is 2.02. The zero-order valence-corrected chi connectivity index (χ0v) is 9.25. The van der Waals surface area contributed by atoms with E-state index < -0.39 is 5.91 Å². The van der Waals surface area contributed by atoms with E-state index in [4.69, 9.17) is 5.73 Å². The fraction of sp³-hybridized carbons (Fsp3) is 0. The molecular weight excluding hydrogens is 218 g/mol. The summed E-state index contributed by atoms with van der Waals surface area (Å²) in [6, 6.07) is 8.96. The Bertz CT molecular complexity index is 561. The van der Waals surface area contributed by atoms with Crippen molar-refractivity contribution >= 4 is 17.2 Å². The number of hydrogen-bond acceptors (Lipinski definition) is 2. The van der Waals surface area contributed by atoms with Crippen LogP contribution in [-0.2, 0) is 0 Å². The largest absolute Gasteiger partial charge is 0.366 e. The molecule has 0 saturated carbocycles. The van der Waals surface area contributed by atoms with Crippen LogP contribution >= 0.6 is 11.3 Å². The summed E-state index contributed by atoms with van der Waals surface area (Å²) in [4.78, 5) is 11.0. The number of nitrogens with two attached hydrogens (primary N) is 1. The van der Waals surface area contributed by atoms with Gasteiger partial charge in [0.05, 0.1) is 0 Å². The van der Waals surface area contributed by atoms with Gasteiger partial charge in [-0.15, -0.1) is 0 Å². The second-order valence-corrected chi connectivity index (χ2v) is 3.99. The molecule has 1 heterocycles. The lowest BCUT2D eigenvalue weighted by Crippen LogP contribution is -2.10. The number of rotatable bonds is 1. The third-order valence-corrected chi connectivity index (χ3v) is 2.70. The minimum atomic E-state index is -0.431. The van der Waals surface area contributed by atoms with Crippen molar-refractivity contribution in [3.63, 3.8) is 0 Å². The smallest absolute Gasteiger partial charge is 0.248 e. The first-order valence-electron chi connectivity index (χ1n) is 4.70. The zero-order valence-electron chi connectivity index (χ0n) is 8.44. The van der Waals surface area contributed by atoms with E-state index in [-0.39, 0.29) is 0 Å². The molecule has 0 aliphatic rings. The molecule has 2 rings (SSSR count). The summed E-state index contributed by atoms with van der Waals surface area (Å²) in [5.74, 6) is 5.58. The van der Waals surface area contributed by atoms with E-state index in [1.54, 1.807) is 29.5 Å². The number of amides is 1. The van der Waals surface area contributed by atoms with E-state index >= 15 is 0 Å². The molecule has 2 nitrogen and oxygen atoms in total. The molecule has 0 atom stereocenters. The molecule has 78 valence electrons. The van der Waals surface area contributed by atoms with Crippen LogP contribution in [-0.4, -0.2) is 5.91 Å². The highest BCUT2D eigenvalue weighted by molar-refractivity contribution is 7.08. The molecule has 1 aromatic carbocycles. The van der Waals surface area contributed by atoms with Crippen LogP contribution in [0.2, 0.25) is 0 Å². The molecule has 1 amide bonds. The molecule has 0 aliphatic carbocycles. The topological polar surface area (TPSA) is 43.1 Å². The van der Waals surface area contributed by atoms with Gasteiger partial charge < -0.3 is 5.73 Å². The standard InChI is InChI=1S/C13H9NOS/c14-13(15)12-3-1-2-10(8-12)4-5-11-6-7-16-9-11/h1-3,6-9H,(H2,14,15). The van der Waals surface area contributed by atoms with Gasteiger partial charge in [0, 0.05) is 22.1 Å². The zero-order chi connectivity index (χ0) is 11.4. The first-order chi connectivity index (χ1) is 7.75. The molecule has 2 N–H and O–H groups in total. The highest BCUT2D eigenvalue weighted by Crippen LogP contribution is 2.06. The number of carbonyl (C=O) groups is 1. The van der Waals surface area contributed by atoms with E-state index in [1.807, 2.05) is 22.9 Å². The lowest BCUT2D eigenvalue weighted by atomic mass is 10.1. The summed E-state index contributed by atoms with van der Waals surface area (Å²) in [5.41, 5.74) is 7.45. The van der Waals surface area contributed by atoms with Gasteiger partial charge in [-0.3, -0.25) is 4.79 Å². The van der Waals surface area contributed by atoms with E-state index in [0.29, 0.717) is 5.56 Å². The molecule has 0 spiro atoms. The van der Waals surface area contributed by atoms with Gasteiger partial charge in [0.15, 0.2) is 0 Å². The second kappa shape index (κ2) is 4.65. The van der Waals surface area contributed by atoms with Crippen LogP contribution in [0.3, 0.4) is 0 Å². The number of carbonyl (C=O) groups excluding carboxylic acids is 1. The predicted octanol–water partition coefficient (Wildman–Crippen LogP) is 2.25. The van der Waals surface area contributed by atoms with Crippen LogP contribution in [0.1, 0.15) is 21.5 Å². The van der Waals surface area contributed by atoms with Crippen molar-refractivity contribution in [2.75, 3.05) is 0 Å². The van der Waals surface area contributed by atoms with Crippen molar-refractivity contribution in [1.29, 1.82) is 0 Å². The SMILES string of the molecule is NC(=O)c1cccc(C#Cc2ccsc2)c1. The molecule has 0 fully saturated rings. The van der Waals surface area contributed by atoms with Gasteiger partial charge in [-0.2, -0.15) is 11.3 Å². The Kier molecular flexibility index (Phi) is 3.04. The summed E-state index contributed by atoms with van der Waals surface area (Å²) in [6.45, 7) is 0. The van der Waals surface area contributed by atoms with Gasteiger partial charge in [-0.05, 0) is 29.6 Å². The van der Waals surface area contributed by atoms with E-state index in [9.17, 15) is 4.79 Å². The fourth-order valence-corrected chi connectivity index (χ4v) is 1.82. The Balaban J connectivity index is 2.28. The lowest BCUT2D eigenvalue weighted by molar-refractivity contribution is 0.100. The maximum atomic E-state index is 11.0. The van der Waals surface area contributed by atoms with Gasteiger partial charge in [-0.25, -0.2) is 0 Å². The predicted molar refractivity (Wildman–Crippen MR) is 65.3 cm³/mol. The molecule has 0 bridgehead atoms. The summed E-state index contributed by atoms with van der Waals surface area (Å²) in [6.07, 6.45) is 0. The summed E-state index contributed by atoms with van der Waals surface area (Å²) in [5, 5.41) is 3.95. The van der Waals surface area contributed by atoms with Crippen LogP contribution in [0.15, 0.2) is 41.1 Å².